The molecule has 18 heavy (non-hydrogen) atoms. The molecule has 88 valence electrons. The van der Waals surface area contributed by atoms with E-state index in [1.165, 1.54) is 5.39 Å². The van der Waals surface area contributed by atoms with Gasteiger partial charge in [-0.15, -0.1) is 0 Å². The number of hydrogen-bond donors (Lipinski definition) is 2. The Balaban J connectivity index is 2.19. The van der Waals surface area contributed by atoms with Gasteiger partial charge < -0.3 is 11.5 Å². The summed E-state index contributed by atoms with van der Waals surface area (Å²) in [6.07, 6.45) is 1.65. The Kier molecular flexibility index (Phi) is 2.34. The number of rotatable bonds is 1. The predicted molar refractivity (Wildman–Crippen MR) is 73.8 cm³/mol. The number of nitrogens with zero attached hydrogens (tertiary/aromatic N) is 2. The van der Waals surface area contributed by atoms with E-state index in [1.54, 1.807) is 6.20 Å². The van der Waals surface area contributed by atoms with E-state index in [0.29, 0.717) is 5.82 Å². The first-order valence-corrected chi connectivity index (χ1v) is 5.61. The summed E-state index contributed by atoms with van der Waals surface area (Å²) >= 11 is 0. The third-order valence-electron chi connectivity index (χ3n) is 2.90. The molecular weight excluding hydrogens is 224 g/mol. The summed E-state index contributed by atoms with van der Waals surface area (Å²) < 4.78 is 0. The van der Waals surface area contributed by atoms with E-state index in [9.17, 15) is 0 Å². The van der Waals surface area contributed by atoms with Crippen LogP contribution in [0, 0.1) is 0 Å². The molecule has 0 saturated heterocycles. The molecular formula is C14H12N4. The zero-order valence-electron chi connectivity index (χ0n) is 9.67. The Morgan fingerprint density at radius 2 is 1.67 bits per heavy atom. The minimum absolute atomic E-state index is 0.192. The van der Waals surface area contributed by atoms with Gasteiger partial charge in [-0.3, -0.25) is 0 Å². The van der Waals surface area contributed by atoms with Crippen LogP contribution in [0.2, 0.25) is 0 Å². The van der Waals surface area contributed by atoms with Crippen molar-refractivity contribution in [3.05, 3.63) is 48.7 Å². The van der Waals surface area contributed by atoms with Crippen LogP contribution < -0.4 is 11.5 Å². The Morgan fingerprint density at radius 3 is 2.44 bits per heavy atom. The molecule has 0 aliphatic carbocycles. The molecule has 1 heterocycles. The van der Waals surface area contributed by atoms with Crippen molar-refractivity contribution < 1.29 is 0 Å². The lowest BCUT2D eigenvalue weighted by Gasteiger charge is -2.06. The number of fused-ring (bicyclic) bond motifs is 1. The highest BCUT2D eigenvalue weighted by Crippen LogP contribution is 2.27. The third kappa shape index (κ3) is 1.73. The van der Waals surface area contributed by atoms with Gasteiger partial charge in [-0.25, -0.2) is 4.98 Å². The van der Waals surface area contributed by atoms with E-state index < -0.39 is 0 Å². The van der Waals surface area contributed by atoms with Crippen molar-refractivity contribution in [1.82, 2.24) is 9.97 Å². The van der Waals surface area contributed by atoms with Crippen molar-refractivity contribution in [3.8, 4) is 11.1 Å². The molecule has 0 amide bonds. The maximum absolute atomic E-state index is 5.87. The normalized spacial score (nSPS) is 10.7. The number of hydrogen-bond acceptors (Lipinski definition) is 4. The second kappa shape index (κ2) is 4.00. The second-order valence-electron chi connectivity index (χ2n) is 4.09. The Bertz CT molecular complexity index is 722. The summed E-state index contributed by atoms with van der Waals surface area (Å²) in [5.74, 6) is 0.592. The topological polar surface area (TPSA) is 77.8 Å². The number of anilines is 2. The summed E-state index contributed by atoms with van der Waals surface area (Å²) in [5.41, 5.74) is 13.2. The smallest absolute Gasteiger partial charge is 0.221 e. The average Bonchev–Trinajstić information content (AvgIpc) is 2.38. The maximum Gasteiger partial charge on any atom is 0.221 e. The van der Waals surface area contributed by atoms with Crippen LogP contribution in [0.1, 0.15) is 0 Å². The van der Waals surface area contributed by atoms with Crippen LogP contribution in [-0.2, 0) is 0 Å². The van der Waals surface area contributed by atoms with Gasteiger partial charge in [0.05, 0.1) is 0 Å². The van der Waals surface area contributed by atoms with Crippen molar-refractivity contribution in [2.45, 2.75) is 0 Å². The van der Waals surface area contributed by atoms with Crippen molar-refractivity contribution in [1.29, 1.82) is 0 Å². The molecule has 3 rings (SSSR count). The molecule has 0 aliphatic heterocycles. The maximum atomic E-state index is 5.87. The molecule has 2 aromatic carbocycles. The van der Waals surface area contributed by atoms with Crippen LogP contribution in [0.4, 0.5) is 11.8 Å². The highest BCUT2D eigenvalue weighted by molar-refractivity contribution is 5.88. The summed E-state index contributed by atoms with van der Waals surface area (Å²) in [5, 5.41) is 2.35. The van der Waals surface area contributed by atoms with E-state index in [2.05, 4.69) is 34.2 Å². The zero-order chi connectivity index (χ0) is 12.5. The molecule has 0 atom stereocenters. The van der Waals surface area contributed by atoms with Gasteiger partial charge in [-0.05, 0) is 22.4 Å². The van der Waals surface area contributed by atoms with E-state index in [1.807, 2.05) is 18.2 Å². The summed E-state index contributed by atoms with van der Waals surface area (Å²) in [6.45, 7) is 0. The Morgan fingerprint density at radius 1 is 0.889 bits per heavy atom. The fourth-order valence-electron chi connectivity index (χ4n) is 1.99. The van der Waals surface area contributed by atoms with Crippen molar-refractivity contribution >= 4 is 22.5 Å². The van der Waals surface area contributed by atoms with Gasteiger partial charge in [0.1, 0.15) is 5.82 Å². The average molecular weight is 236 g/mol. The molecule has 3 aromatic rings. The highest BCUT2D eigenvalue weighted by Gasteiger charge is 2.05. The van der Waals surface area contributed by atoms with E-state index in [-0.39, 0.29) is 5.95 Å². The lowest BCUT2D eigenvalue weighted by atomic mass is 10.0. The number of benzene rings is 2. The molecule has 0 unspecified atom stereocenters. The molecule has 0 aliphatic rings. The molecule has 0 radical (unpaired) electrons. The van der Waals surface area contributed by atoms with Gasteiger partial charge in [0.2, 0.25) is 5.95 Å². The first-order valence-electron chi connectivity index (χ1n) is 5.61. The Hall–Kier alpha value is -2.62. The molecule has 1 aromatic heterocycles. The van der Waals surface area contributed by atoms with E-state index >= 15 is 0 Å². The molecule has 0 spiro atoms. The largest absolute Gasteiger partial charge is 0.383 e. The Labute approximate surface area is 104 Å². The standard InChI is InChI=1S/C14H12N4/c15-13-12(8-17-14(16)18-13)11-6-5-9-3-1-2-4-10(9)7-11/h1-8H,(H4,15,16,17,18). The number of aromatic nitrogens is 2. The zero-order valence-corrected chi connectivity index (χ0v) is 9.67. The summed E-state index contributed by atoms with van der Waals surface area (Å²) in [6, 6.07) is 14.3. The first kappa shape index (κ1) is 10.5. The van der Waals surface area contributed by atoms with Gasteiger partial charge in [-0.2, -0.15) is 4.98 Å². The van der Waals surface area contributed by atoms with Crippen LogP contribution >= 0.6 is 0 Å². The molecule has 0 bridgehead atoms. The molecule has 0 saturated carbocycles. The third-order valence-corrected chi connectivity index (χ3v) is 2.90. The SMILES string of the molecule is Nc1ncc(-c2ccc3ccccc3c2)c(N)n1. The minimum Gasteiger partial charge on any atom is -0.383 e. The fraction of sp³-hybridized carbons (Fsp3) is 0. The van der Waals surface area contributed by atoms with Crippen LogP contribution in [0.15, 0.2) is 48.7 Å². The molecule has 4 N–H and O–H groups in total. The molecule has 4 nitrogen and oxygen atoms in total. The van der Waals surface area contributed by atoms with Gasteiger partial charge in [0, 0.05) is 11.8 Å². The predicted octanol–water partition coefficient (Wildman–Crippen LogP) is 2.46. The van der Waals surface area contributed by atoms with Crippen molar-refractivity contribution in [3.63, 3.8) is 0 Å². The van der Waals surface area contributed by atoms with E-state index in [0.717, 1.165) is 16.5 Å². The fourth-order valence-corrected chi connectivity index (χ4v) is 1.99. The lowest BCUT2D eigenvalue weighted by Crippen LogP contribution is -2.00. The van der Waals surface area contributed by atoms with Gasteiger partial charge >= 0.3 is 0 Å². The van der Waals surface area contributed by atoms with Gasteiger partial charge in [0.15, 0.2) is 0 Å². The quantitative estimate of drug-likeness (QED) is 0.680. The minimum atomic E-state index is 0.192. The summed E-state index contributed by atoms with van der Waals surface area (Å²) in [7, 11) is 0. The van der Waals surface area contributed by atoms with Crippen LogP contribution in [0.25, 0.3) is 21.9 Å². The highest BCUT2D eigenvalue weighted by atomic mass is 15.0. The van der Waals surface area contributed by atoms with Crippen LogP contribution in [0.5, 0.6) is 0 Å². The van der Waals surface area contributed by atoms with Crippen molar-refractivity contribution in [2.75, 3.05) is 11.5 Å². The first-order chi connectivity index (χ1) is 8.74. The lowest BCUT2D eigenvalue weighted by molar-refractivity contribution is 1.20. The summed E-state index contributed by atoms with van der Waals surface area (Å²) in [4.78, 5) is 7.96. The monoisotopic (exact) mass is 236 g/mol. The van der Waals surface area contributed by atoms with Gasteiger partial charge in [-0.1, -0.05) is 36.4 Å². The van der Waals surface area contributed by atoms with Gasteiger partial charge in [0.25, 0.3) is 0 Å². The second-order valence-corrected chi connectivity index (χ2v) is 4.09. The molecule has 4 heteroatoms. The number of nitrogens with two attached hydrogens (primary N) is 2. The van der Waals surface area contributed by atoms with Crippen molar-refractivity contribution in [2.24, 2.45) is 0 Å². The number of nitrogen functional groups attached to an aromatic ring is 2. The van der Waals surface area contributed by atoms with E-state index in [4.69, 9.17) is 11.5 Å². The molecule has 0 fully saturated rings. The van der Waals surface area contributed by atoms with Crippen LogP contribution in [0.3, 0.4) is 0 Å². The van der Waals surface area contributed by atoms with Crippen LogP contribution in [-0.4, -0.2) is 9.97 Å².